The normalized spacial score (nSPS) is 20.6. The monoisotopic (exact) mass is 277 g/mol. The number of benzene rings is 1. The first-order valence-corrected chi connectivity index (χ1v) is 7.35. The lowest BCUT2D eigenvalue weighted by molar-refractivity contribution is -0.384. The zero-order valence-electron chi connectivity index (χ0n) is 12.0. The van der Waals surface area contributed by atoms with Crippen molar-refractivity contribution in [1.29, 1.82) is 0 Å². The third-order valence-electron chi connectivity index (χ3n) is 3.85. The maximum Gasteiger partial charge on any atom is 0.269 e. The third kappa shape index (κ3) is 4.58. The molecule has 0 radical (unpaired) electrons. The lowest BCUT2D eigenvalue weighted by Crippen LogP contribution is -2.39. The summed E-state index contributed by atoms with van der Waals surface area (Å²) in [5.41, 5.74) is 1.23. The number of piperidine rings is 1. The SMILES string of the molecule is CC(CC1CCCCN1)NCc1ccc([N+](=O)[O-])cc1. The molecule has 1 fully saturated rings. The third-order valence-corrected chi connectivity index (χ3v) is 3.85. The summed E-state index contributed by atoms with van der Waals surface area (Å²) in [5.74, 6) is 0. The summed E-state index contributed by atoms with van der Waals surface area (Å²) >= 11 is 0. The van der Waals surface area contributed by atoms with Crippen LogP contribution in [-0.4, -0.2) is 23.6 Å². The van der Waals surface area contributed by atoms with Crippen LogP contribution in [0.4, 0.5) is 5.69 Å². The minimum Gasteiger partial charge on any atom is -0.314 e. The molecule has 1 heterocycles. The van der Waals surface area contributed by atoms with E-state index >= 15 is 0 Å². The van der Waals surface area contributed by atoms with Crippen molar-refractivity contribution < 1.29 is 4.92 Å². The van der Waals surface area contributed by atoms with E-state index < -0.39 is 0 Å². The second-order valence-electron chi connectivity index (χ2n) is 5.59. The van der Waals surface area contributed by atoms with Crippen LogP contribution in [0.2, 0.25) is 0 Å². The molecule has 2 N–H and O–H groups in total. The fraction of sp³-hybridized carbons (Fsp3) is 0.600. The van der Waals surface area contributed by atoms with Gasteiger partial charge in [-0.05, 0) is 38.3 Å². The first kappa shape index (κ1) is 14.9. The highest BCUT2D eigenvalue weighted by Crippen LogP contribution is 2.14. The molecule has 1 aromatic carbocycles. The number of nitrogens with one attached hydrogen (secondary N) is 2. The molecule has 110 valence electrons. The molecule has 20 heavy (non-hydrogen) atoms. The number of non-ortho nitro benzene ring substituents is 1. The molecular weight excluding hydrogens is 254 g/mol. The summed E-state index contributed by atoms with van der Waals surface area (Å²) < 4.78 is 0. The highest BCUT2D eigenvalue weighted by atomic mass is 16.6. The van der Waals surface area contributed by atoms with Crippen molar-refractivity contribution in [2.24, 2.45) is 0 Å². The topological polar surface area (TPSA) is 67.2 Å². The van der Waals surface area contributed by atoms with Gasteiger partial charge in [-0.15, -0.1) is 0 Å². The highest BCUT2D eigenvalue weighted by molar-refractivity contribution is 5.32. The molecule has 2 atom stereocenters. The van der Waals surface area contributed by atoms with E-state index in [0.29, 0.717) is 12.1 Å². The van der Waals surface area contributed by atoms with Crippen LogP contribution < -0.4 is 10.6 Å². The molecule has 1 aliphatic heterocycles. The molecule has 0 bridgehead atoms. The van der Waals surface area contributed by atoms with Gasteiger partial charge in [0, 0.05) is 30.8 Å². The van der Waals surface area contributed by atoms with Crippen LogP contribution in [0.25, 0.3) is 0 Å². The first-order chi connectivity index (χ1) is 9.65. The van der Waals surface area contributed by atoms with Gasteiger partial charge >= 0.3 is 0 Å². The molecule has 0 amide bonds. The van der Waals surface area contributed by atoms with Crippen molar-refractivity contribution in [3.63, 3.8) is 0 Å². The van der Waals surface area contributed by atoms with Gasteiger partial charge < -0.3 is 10.6 Å². The molecule has 1 aromatic rings. The Bertz CT molecular complexity index is 427. The van der Waals surface area contributed by atoms with Gasteiger partial charge in [-0.2, -0.15) is 0 Å². The lowest BCUT2D eigenvalue weighted by atomic mass is 9.99. The van der Waals surface area contributed by atoms with E-state index in [1.54, 1.807) is 12.1 Å². The van der Waals surface area contributed by atoms with Crippen LogP contribution in [0, 0.1) is 10.1 Å². The summed E-state index contributed by atoms with van der Waals surface area (Å²) in [5, 5.41) is 17.6. The van der Waals surface area contributed by atoms with Gasteiger partial charge in [0.05, 0.1) is 4.92 Å². The number of nitro groups is 1. The smallest absolute Gasteiger partial charge is 0.269 e. The van der Waals surface area contributed by atoms with Crippen molar-refractivity contribution in [3.05, 3.63) is 39.9 Å². The van der Waals surface area contributed by atoms with Crippen LogP contribution in [0.5, 0.6) is 0 Å². The van der Waals surface area contributed by atoms with Gasteiger partial charge in [0.15, 0.2) is 0 Å². The van der Waals surface area contributed by atoms with Crippen LogP contribution in [0.1, 0.15) is 38.2 Å². The van der Waals surface area contributed by atoms with Crippen LogP contribution >= 0.6 is 0 Å². The van der Waals surface area contributed by atoms with Gasteiger partial charge in [0.1, 0.15) is 0 Å². The van der Waals surface area contributed by atoms with Gasteiger partial charge in [-0.3, -0.25) is 10.1 Å². The minimum atomic E-state index is -0.366. The Labute approximate surface area is 119 Å². The molecule has 1 saturated heterocycles. The molecule has 0 spiro atoms. The summed E-state index contributed by atoms with van der Waals surface area (Å²) in [4.78, 5) is 10.2. The zero-order chi connectivity index (χ0) is 14.4. The summed E-state index contributed by atoms with van der Waals surface area (Å²) in [6.45, 7) is 4.09. The van der Waals surface area contributed by atoms with E-state index in [4.69, 9.17) is 0 Å². The average Bonchev–Trinajstić information content (AvgIpc) is 2.46. The quantitative estimate of drug-likeness (QED) is 0.619. The molecular formula is C15H23N3O2. The second kappa shape index (κ2) is 7.36. The maximum atomic E-state index is 10.6. The molecule has 0 saturated carbocycles. The zero-order valence-corrected chi connectivity index (χ0v) is 12.0. The first-order valence-electron chi connectivity index (χ1n) is 7.35. The van der Waals surface area contributed by atoms with Crippen molar-refractivity contribution in [2.75, 3.05) is 6.54 Å². The van der Waals surface area contributed by atoms with E-state index in [2.05, 4.69) is 17.6 Å². The summed E-state index contributed by atoms with van der Waals surface area (Å²) in [6.07, 6.45) is 5.02. The molecule has 0 aromatic heterocycles. The Hall–Kier alpha value is -1.46. The number of hydrogen-bond acceptors (Lipinski definition) is 4. The Kier molecular flexibility index (Phi) is 5.49. The van der Waals surface area contributed by atoms with Gasteiger partial charge in [0.25, 0.3) is 5.69 Å². The van der Waals surface area contributed by atoms with E-state index in [9.17, 15) is 10.1 Å². The predicted molar refractivity (Wildman–Crippen MR) is 79.7 cm³/mol. The summed E-state index contributed by atoms with van der Waals surface area (Å²) in [7, 11) is 0. The maximum absolute atomic E-state index is 10.6. The predicted octanol–water partition coefficient (Wildman–Crippen LogP) is 2.61. The van der Waals surface area contributed by atoms with Crippen LogP contribution in [0.15, 0.2) is 24.3 Å². The van der Waals surface area contributed by atoms with Crippen LogP contribution in [-0.2, 0) is 6.54 Å². The fourth-order valence-electron chi connectivity index (χ4n) is 2.66. The average molecular weight is 277 g/mol. The minimum absolute atomic E-state index is 0.146. The van der Waals surface area contributed by atoms with Gasteiger partial charge in [0.2, 0.25) is 0 Å². The number of nitro benzene ring substituents is 1. The Morgan fingerprint density at radius 3 is 2.75 bits per heavy atom. The fourth-order valence-corrected chi connectivity index (χ4v) is 2.66. The Morgan fingerprint density at radius 1 is 1.40 bits per heavy atom. The second-order valence-corrected chi connectivity index (χ2v) is 5.59. The van der Waals surface area contributed by atoms with Gasteiger partial charge in [-0.25, -0.2) is 0 Å². The molecule has 5 heteroatoms. The van der Waals surface area contributed by atoms with Crippen molar-refractivity contribution in [1.82, 2.24) is 10.6 Å². The van der Waals surface area contributed by atoms with E-state index in [1.807, 2.05) is 12.1 Å². The highest BCUT2D eigenvalue weighted by Gasteiger charge is 2.15. The molecule has 2 unspecified atom stereocenters. The standard InChI is InChI=1S/C15H23N3O2/c1-12(10-14-4-2-3-9-16-14)17-11-13-5-7-15(8-6-13)18(19)20/h5-8,12,14,16-17H,2-4,9-11H2,1H3. The van der Waals surface area contributed by atoms with Gasteiger partial charge in [-0.1, -0.05) is 18.6 Å². The summed E-state index contributed by atoms with van der Waals surface area (Å²) in [6, 6.07) is 7.83. The van der Waals surface area contributed by atoms with E-state index in [1.165, 1.54) is 19.3 Å². The molecule has 2 rings (SSSR count). The Morgan fingerprint density at radius 2 is 2.15 bits per heavy atom. The number of nitrogens with zero attached hydrogens (tertiary/aromatic N) is 1. The molecule has 1 aliphatic rings. The lowest BCUT2D eigenvalue weighted by Gasteiger charge is -2.26. The number of hydrogen-bond donors (Lipinski definition) is 2. The van der Waals surface area contributed by atoms with Crippen molar-refractivity contribution in [2.45, 2.75) is 51.2 Å². The largest absolute Gasteiger partial charge is 0.314 e. The van der Waals surface area contributed by atoms with Crippen molar-refractivity contribution in [3.8, 4) is 0 Å². The molecule has 5 nitrogen and oxygen atoms in total. The molecule has 0 aliphatic carbocycles. The van der Waals surface area contributed by atoms with E-state index in [-0.39, 0.29) is 10.6 Å². The Balaban J connectivity index is 1.74. The van der Waals surface area contributed by atoms with Crippen molar-refractivity contribution >= 4 is 5.69 Å². The van der Waals surface area contributed by atoms with E-state index in [0.717, 1.165) is 25.1 Å². The van der Waals surface area contributed by atoms with Crippen LogP contribution in [0.3, 0.4) is 0 Å². The number of rotatable bonds is 6.